The Bertz CT molecular complexity index is 464. The molecule has 1 unspecified atom stereocenters. The van der Waals surface area contributed by atoms with Crippen molar-refractivity contribution < 1.29 is 0 Å². The molecule has 0 radical (unpaired) electrons. The minimum Gasteiger partial charge on any atom is -0.319 e. The number of rotatable bonds is 2. The lowest BCUT2D eigenvalue weighted by atomic mass is 10.1. The van der Waals surface area contributed by atoms with Crippen LogP contribution in [0, 0.1) is 0 Å². The Kier molecular flexibility index (Phi) is 2.88. The molecule has 15 heavy (non-hydrogen) atoms. The van der Waals surface area contributed by atoms with Gasteiger partial charge in [-0.15, -0.1) is 0 Å². The molecule has 0 aliphatic carbocycles. The Labute approximate surface area is 97.0 Å². The molecule has 1 aromatic heterocycles. The van der Waals surface area contributed by atoms with Crippen molar-refractivity contribution in [2.75, 3.05) is 0 Å². The monoisotopic (exact) mass is 265 g/mol. The van der Waals surface area contributed by atoms with Crippen molar-refractivity contribution >= 4 is 15.9 Å². The fraction of sp³-hybridized carbons (Fsp3) is 0.182. The van der Waals surface area contributed by atoms with E-state index in [2.05, 4.69) is 21.0 Å². The highest BCUT2D eigenvalue weighted by molar-refractivity contribution is 9.10. The summed E-state index contributed by atoms with van der Waals surface area (Å²) in [6, 6.07) is 9.69. The van der Waals surface area contributed by atoms with E-state index in [0.717, 1.165) is 15.7 Å². The third kappa shape index (κ3) is 2.11. The zero-order valence-electron chi connectivity index (χ0n) is 8.39. The zero-order chi connectivity index (χ0) is 10.8. The maximum Gasteiger partial charge on any atom is 0.0837 e. The Morgan fingerprint density at radius 1 is 1.33 bits per heavy atom. The van der Waals surface area contributed by atoms with Crippen molar-refractivity contribution in [1.29, 1.82) is 0 Å². The number of halogens is 1. The molecule has 2 aromatic rings. The summed E-state index contributed by atoms with van der Waals surface area (Å²) in [6.45, 7) is 0. The summed E-state index contributed by atoms with van der Waals surface area (Å²) in [6.07, 6.45) is 1.89. The molecule has 0 aliphatic rings. The third-order valence-corrected chi connectivity index (χ3v) is 3.02. The van der Waals surface area contributed by atoms with Gasteiger partial charge in [0.1, 0.15) is 0 Å². The number of aryl methyl sites for hydroxylation is 1. The van der Waals surface area contributed by atoms with E-state index >= 15 is 0 Å². The predicted octanol–water partition coefficient (Wildman–Crippen LogP) is 2.23. The molecule has 1 aromatic carbocycles. The highest BCUT2D eigenvalue weighted by Gasteiger charge is 2.13. The van der Waals surface area contributed by atoms with Gasteiger partial charge >= 0.3 is 0 Å². The molecule has 0 saturated carbocycles. The Balaban J connectivity index is 2.36. The molecule has 78 valence electrons. The summed E-state index contributed by atoms with van der Waals surface area (Å²) >= 11 is 3.49. The van der Waals surface area contributed by atoms with Gasteiger partial charge in [0, 0.05) is 17.7 Å². The smallest absolute Gasteiger partial charge is 0.0837 e. The zero-order valence-corrected chi connectivity index (χ0v) is 9.98. The van der Waals surface area contributed by atoms with Crippen molar-refractivity contribution in [2.45, 2.75) is 6.04 Å². The summed E-state index contributed by atoms with van der Waals surface area (Å²) in [5.74, 6) is 0. The van der Waals surface area contributed by atoms with Crippen LogP contribution in [0.1, 0.15) is 17.3 Å². The van der Waals surface area contributed by atoms with Crippen LogP contribution in [-0.4, -0.2) is 9.78 Å². The average molecular weight is 266 g/mol. The van der Waals surface area contributed by atoms with Crippen LogP contribution in [-0.2, 0) is 7.05 Å². The van der Waals surface area contributed by atoms with Crippen molar-refractivity contribution in [2.24, 2.45) is 12.8 Å². The van der Waals surface area contributed by atoms with E-state index in [1.54, 1.807) is 4.68 Å². The molecule has 4 heteroatoms. The highest BCUT2D eigenvalue weighted by atomic mass is 79.9. The van der Waals surface area contributed by atoms with Crippen molar-refractivity contribution in [1.82, 2.24) is 9.78 Å². The Hall–Kier alpha value is -1.13. The van der Waals surface area contributed by atoms with Gasteiger partial charge in [0.2, 0.25) is 0 Å². The van der Waals surface area contributed by atoms with E-state index in [-0.39, 0.29) is 6.04 Å². The maximum atomic E-state index is 6.12. The van der Waals surface area contributed by atoms with Crippen LogP contribution in [0.25, 0.3) is 0 Å². The molecular formula is C11H12BrN3. The van der Waals surface area contributed by atoms with Gasteiger partial charge < -0.3 is 5.73 Å². The van der Waals surface area contributed by atoms with Crippen molar-refractivity contribution in [3.05, 3.63) is 52.3 Å². The topological polar surface area (TPSA) is 43.8 Å². The van der Waals surface area contributed by atoms with Gasteiger partial charge in [0.05, 0.1) is 11.7 Å². The first kappa shape index (κ1) is 10.4. The van der Waals surface area contributed by atoms with E-state index in [1.165, 1.54) is 0 Å². The predicted molar refractivity (Wildman–Crippen MR) is 63.4 cm³/mol. The minimum absolute atomic E-state index is 0.179. The number of hydrogen-bond acceptors (Lipinski definition) is 2. The summed E-state index contributed by atoms with van der Waals surface area (Å²) in [5, 5.41) is 4.30. The quantitative estimate of drug-likeness (QED) is 0.905. The van der Waals surface area contributed by atoms with E-state index in [0.29, 0.717) is 0 Å². The minimum atomic E-state index is -0.179. The van der Waals surface area contributed by atoms with E-state index in [9.17, 15) is 0 Å². The molecule has 2 rings (SSSR count). The van der Waals surface area contributed by atoms with Crippen LogP contribution in [0.15, 0.2) is 41.0 Å². The second-order valence-electron chi connectivity index (χ2n) is 3.41. The van der Waals surface area contributed by atoms with Gasteiger partial charge in [0.25, 0.3) is 0 Å². The number of benzene rings is 1. The molecule has 0 amide bonds. The molecule has 1 atom stereocenters. The number of hydrogen-bond donors (Lipinski definition) is 1. The highest BCUT2D eigenvalue weighted by Crippen LogP contribution is 2.25. The normalized spacial score (nSPS) is 12.7. The van der Waals surface area contributed by atoms with Crippen molar-refractivity contribution in [3.8, 4) is 0 Å². The van der Waals surface area contributed by atoms with Crippen LogP contribution >= 0.6 is 15.9 Å². The van der Waals surface area contributed by atoms with E-state index < -0.39 is 0 Å². The van der Waals surface area contributed by atoms with Gasteiger partial charge in [-0.25, -0.2) is 0 Å². The van der Waals surface area contributed by atoms with Gasteiger partial charge in [0.15, 0.2) is 0 Å². The van der Waals surface area contributed by atoms with Gasteiger partial charge in [-0.05, 0) is 17.7 Å². The molecule has 0 spiro atoms. The first-order valence-electron chi connectivity index (χ1n) is 4.68. The Morgan fingerprint density at radius 2 is 2.07 bits per heavy atom. The second-order valence-corrected chi connectivity index (χ2v) is 4.27. The molecule has 2 N–H and O–H groups in total. The van der Waals surface area contributed by atoms with Gasteiger partial charge in [-0.3, -0.25) is 4.68 Å². The van der Waals surface area contributed by atoms with Gasteiger partial charge in [-0.1, -0.05) is 34.1 Å². The van der Waals surface area contributed by atoms with Crippen LogP contribution in [0.4, 0.5) is 0 Å². The lowest BCUT2D eigenvalue weighted by Crippen LogP contribution is -2.13. The molecule has 0 aliphatic heterocycles. The first-order valence-corrected chi connectivity index (χ1v) is 5.47. The molecule has 0 saturated heterocycles. The molecule has 0 fully saturated rings. The first-order chi connectivity index (χ1) is 7.18. The summed E-state index contributed by atoms with van der Waals surface area (Å²) < 4.78 is 2.77. The number of aromatic nitrogens is 2. The maximum absolute atomic E-state index is 6.12. The van der Waals surface area contributed by atoms with E-state index in [1.807, 2.05) is 43.6 Å². The largest absolute Gasteiger partial charge is 0.319 e. The fourth-order valence-electron chi connectivity index (χ4n) is 1.49. The third-order valence-electron chi connectivity index (χ3n) is 2.29. The number of nitrogens with zero attached hydrogens (tertiary/aromatic N) is 2. The van der Waals surface area contributed by atoms with Crippen molar-refractivity contribution in [3.63, 3.8) is 0 Å². The standard InChI is InChI=1S/C11H12BrN3/c1-15-7-6-10(14-15)11(13)8-4-2-3-5-9(8)12/h2-7,11H,13H2,1H3. The second kappa shape index (κ2) is 4.16. The average Bonchev–Trinajstić information content (AvgIpc) is 2.65. The lowest BCUT2D eigenvalue weighted by molar-refractivity contribution is 0.715. The summed E-state index contributed by atoms with van der Waals surface area (Å²) in [5.41, 5.74) is 8.06. The van der Waals surface area contributed by atoms with Crippen LogP contribution in [0.3, 0.4) is 0 Å². The van der Waals surface area contributed by atoms with Crippen LogP contribution in [0.5, 0.6) is 0 Å². The van der Waals surface area contributed by atoms with Crippen LogP contribution < -0.4 is 5.73 Å². The summed E-state index contributed by atoms with van der Waals surface area (Å²) in [4.78, 5) is 0. The molecule has 1 heterocycles. The van der Waals surface area contributed by atoms with E-state index in [4.69, 9.17) is 5.73 Å². The summed E-state index contributed by atoms with van der Waals surface area (Å²) in [7, 11) is 1.89. The van der Waals surface area contributed by atoms with Gasteiger partial charge in [-0.2, -0.15) is 5.10 Å². The molecule has 0 bridgehead atoms. The SMILES string of the molecule is Cn1ccc(C(N)c2ccccc2Br)n1. The number of nitrogens with two attached hydrogens (primary N) is 1. The Morgan fingerprint density at radius 3 is 2.67 bits per heavy atom. The lowest BCUT2D eigenvalue weighted by Gasteiger charge is -2.10. The van der Waals surface area contributed by atoms with Crippen LogP contribution in [0.2, 0.25) is 0 Å². The molecule has 3 nitrogen and oxygen atoms in total. The fourth-order valence-corrected chi connectivity index (χ4v) is 2.02. The molecular weight excluding hydrogens is 254 g/mol.